The number of benzene rings is 1. The molecule has 9 heteroatoms. The molecule has 1 N–H and O–H groups in total. The summed E-state index contributed by atoms with van der Waals surface area (Å²) in [6, 6.07) is 6.59. The second-order valence-corrected chi connectivity index (χ2v) is 11.2. The highest BCUT2D eigenvalue weighted by Gasteiger charge is 2.35. The zero-order chi connectivity index (χ0) is 24.1. The lowest BCUT2D eigenvalue weighted by Gasteiger charge is -2.35. The molecule has 1 saturated carbocycles. The van der Waals surface area contributed by atoms with Crippen molar-refractivity contribution in [3.63, 3.8) is 0 Å². The molecule has 2 fully saturated rings. The number of aliphatic hydroxyl groups excluding tert-OH is 1. The minimum atomic E-state index is -3.87. The Morgan fingerprint density at radius 1 is 1.15 bits per heavy atom. The molecule has 1 aromatic carbocycles. The number of rotatable bonds is 9. The fraction of sp³-hybridized carbons (Fsp3) is 0.640. The zero-order valence-corrected chi connectivity index (χ0v) is 21.1. The number of aliphatic hydroxyl groups is 1. The third-order valence-electron chi connectivity index (χ3n) is 6.89. The van der Waals surface area contributed by atoms with Crippen LogP contribution in [0.1, 0.15) is 63.1 Å². The highest BCUT2D eigenvalue weighted by molar-refractivity contribution is 7.92. The van der Waals surface area contributed by atoms with E-state index in [0.717, 1.165) is 63.9 Å². The Morgan fingerprint density at radius 2 is 1.88 bits per heavy atom. The summed E-state index contributed by atoms with van der Waals surface area (Å²) < 4.78 is 42.8. The van der Waals surface area contributed by atoms with Crippen molar-refractivity contribution in [2.24, 2.45) is 5.92 Å². The van der Waals surface area contributed by atoms with E-state index in [2.05, 4.69) is 5.10 Å². The lowest BCUT2D eigenvalue weighted by atomic mass is 9.95. The van der Waals surface area contributed by atoms with Gasteiger partial charge >= 0.3 is 0 Å². The van der Waals surface area contributed by atoms with E-state index in [0.29, 0.717) is 36.2 Å². The van der Waals surface area contributed by atoms with Crippen LogP contribution in [0.3, 0.4) is 0 Å². The van der Waals surface area contributed by atoms with Crippen LogP contribution < -0.4 is 9.04 Å². The van der Waals surface area contributed by atoms with Crippen LogP contribution in [0.5, 0.6) is 5.75 Å². The molecular formula is C25H37N3O5S. The minimum absolute atomic E-state index is 0.109. The van der Waals surface area contributed by atoms with Gasteiger partial charge in [-0.1, -0.05) is 19.3 Å². The van der Waals surface area contributed by atoms with Crippen molar-refractivity contribution in [2.75, 3.05) is 24.1 Å². The van der Waals surface area contributed by atoms with Crippen LogP contribution in [-0.2, 0) is 27.9 Å². The Labute approximate surface area is 202 Å². The van der Waals surface area contributed by atoms with Crippen LogP contribution in [0, 0.1) is 12.8 Å². The molecule has 1 saturated heterocycles. The molecule has 34 heavy (non-hydrogen) atoms. The van der Waals surface area contributed by atoms with Gasteiger partial charge in [0.2, 0.25) is 0 Å². The predicted molar refractivity (Wildman–Crippen MR) is 131 cm³/mol. The normalized spacial score (nSPS) is 18.2. The monoisotopic (exact) mass is 491 g/mol. The first-order chi connectivity index (χ1) is 16.4. The Kier molecular flexibility index (Phi) is 8.16. The van der Waals surface area contributed by atoms with Gasteiger partial charge in [0.1, 0.15) is 11.6 Å². The number of nitrogens with zero attached hydrogens (tertiary/aromatic N) is 3. The molecule has 0 unspecified atom stereocenters. The van der Waals surface area contributed by atoms with Crippen LogP contribution >= 0.6 is 0 Å². The third-order valence-corrected chi connectivity index (χ3v) is 8.74. The molecule has 1 aromatic heterocycles. The van der Waals surface area contributed by atoms with Crippen LogP contribution in [0.25, 0.3) is 0 Å². The molecule has 8 nitrogen and oxygen atoms in total. The molecule has 0 spiro atoms. The maximum atomic E-state index is 14.0. The van der Waals surface area contributed by atoms with Crippen molar-refractivity contribution in [2.45, 2.75) is 82.9 Å². The van der Waals surface area contributed by atoms with Gasteiger partial charge < -0.3 is 14.6 Å². The quantitative estimate of drug-likeness (QED) is 0.569. The summed E-state index contributed by atoms with van der Waals surface area (Å²) in [5.74, 6) is 1.55. The maximum absolute atomic E-state index is 14.0. The Bertz CT molecular complexity index is 1060. The van der Waals surface area contributed by atoms with Gasteiger partial charge in [0.25, 0.3) is 10.0 Å². The van der Waals surface area contributed by atoms with Crippen LogP contribution in [-0.4, -0.2) is 49.2 Å². The number of aryl methyl sites for hydroxylation is 2. The fourth-order valence-electron chi connectivity index (χ4n) is 4.98. The van der Waals surface area contributed by atoms with Crippen molar-refractivity contribution in [1.82, 2.24) is 9.78 Å². The molecular weight excluding hydrogens is 454 g/mol. The van der Waals surface area contributed by atoms with Gasteiger partial charge in [0, 0.05) is 37.4 Å². The molecule has 4 rings (SSSR count). The number of sulfonamides is 1. The van der Waals surface area contributed by atoms with Crippen molar-refractivity contribution in [1.29, 1.82) is 0 Å². The highest BCUT2D eigenvalue weighted by atomic mass is 32.2. The van der Waals surface area contributed by atoms with Crippen molar-refractivity contribution in [3.8, 4) is 5.75 Å². The summed E-state index contributed by atoms with van der Waals surface area (Å²) in [4.78, 5) is 0.169. The van der Waals surface area contributed by atoms with Crippen LogP contribution in [0.2, 0.25) is 0 Å². The molecule has 0 atom stereocenters. The minimum Gasteiger partial charge on any atom is -0.493 e. The highest BCUT2D eigenvalue weighted by Crippen LogP contribution is 2.35. The average molecular weight is 492 g/mol. The molecule has 1 aliphatic carbocycles. The topological polar surface area (TPSA) is 93.9 Å². The van der Waals surface area contributed by atoms with Gasteiger partial charge in [0.15, 0.2) is 0 Å². The Balaban J connectivity index is 1.65. The number of hydrogen-bond acceptors (Lipinski definition) is 6. The summed E-state index contributed by atoms with van der Waals surface area (Å²) in [6.45, 7) is 6.16. The second-order valence-electron chi connectivity index (χ2n) is 9.35. The van der Waals surface area contributed by atoms with E-state index in [1.807, 2.05) is 19.9 Å². The molecule has 2 aromatic rings. The van der Waals surface area contributed by atoms with E-state index in [1.54, 1.807) is 27.2 Å². The van der Waals surface area contributed by atoms with E-state index in [9.17, 15) is 13.5 Å². The predicted octanol–water partition coefficient (Wildman–Crippen LogP) is 4.04. The van der Waals surface area contributed by atoms with Gasteiger partial charge in [0.05, 0.1) is 23.8 Å². The van der Waals surface area contributed by atoms with Crippen LogP contribution in [0.15, 0.2) is 29.2 Å². The smallest absolute Gasteiger partial charge is 0.265 e. The van der Waals surface area contributed by atoms with Gasteiger partial charge in [-0.2, -0.15) is 5.10 Å². The molecule has 0 bridgehead atoms. The van der Waals surface area contributed by atoms with E-state index >= 15 is 0 Å². The van der Waals surface area contributed by atoms with Crippen molar-refractivity contribution in [3.05, 3.63) is 35.5 Å². The molecule has 0 radical (unpaired) electrons. The first-order valence-electron chi connectivity index (χ1n) is 12.5. The maximum Gasteiger partial charge on any atom is 0.265 e. The number of hydrogen-bond donors (Lipinski definition) is 1. The molecule has 2 aliphatic rings. The average Bonchev–Trinajstić information content (AvgIpc) is 3.23. The van der Waals surface area contributed by atoms with E-state index in [-0.39, 0.29) is 17.5 Å². The fourth-order valence-corrected chi connectivity index (χ4v) is 6.73. The Morgan fingerprint density at radius 3 is 2.56 bits per heavy atom. The van der Waals surface area contributed by atoms with Crippen LogP contribution in [0.4, 0.5) is 5.82 Å². The number of aromatic nitrogens is 2. The third kappa shape index (κ3) is 5.42. The van der Waals surface area contributed by atoms with Gasteiger partial charge in [-0.15, -0.1) is 0 Å². The van der Waals surface area contributed by atoms with Crippen molar-refractivity contribution < 1.29 is 23.0 Å². The van der Waals surface area contributed by atoms with E-state index in [1.165, 1.54) is 0 Å². The summed E-state index contributed by atoms with van der Waals surface area (Å²) in [6.07, 6.45) is 6.69. The summed E-state index contributed by atoms with van der Waals surface area (Å²) in [5, 5.41) is 14.5. The van der Waals surface area contributed by atoms with E-state index in [4.69, 9.17) is 9.47 Å². The first-order valence-corrected chi connectivity index (χ1v) is 13.9. The SMILES string of the molecule is CCn1nc(C)cc1N(C1CCCCC1)S(=O)(=O)c1ccc(OCC2CCOCC2)c(CO)c1. The van der Waals surface area contributed by atoms with Gasteiger partial charge in [-0.3, -0.25) is 0 Å². The number of ether oxygens (including phenoxy) is 2. The zero-order valence-electron chi connectivity index (χ0n) is 20.3. The summed E-state index contributed by atoms with van der Waals surface area (Å²) in [5.41, 5.74) is 1.28. The lowest BCUT2D eigenvalue weighted by molar-refractivity contribution is 0.0494. The Hall–Kier alpha value is -2.10. The first kappa shape index (κ1) is 25.0. The summed E-state index contributed by atoms with van der Waals surface area (Å²) in [7, 11) is -3.87. The summed E-state index contributed by atoms with van der Waals surface area (Å²) >= 11 is 0. The second kappa shape index (κ2) is 11.1. The molecule has 2 heterocycles. The molecule has 0 amide bonds. The standard InChI is InChI=1S/C25H37N3O5S/c1-3-27-25(15-19(2)26-27)28(22-7-5-4-6-8-22)34(30,31)23-9-10-24(21(16-23)17-29)33-18-20-11-13-32-14-12-20/h9-10,15-16,20,22,29H,3-8,11-14,17-18H2,1-2H3. The number of anilines is 1. The van der Waals surface area contributed by atoms with Gasteiger partial charge in [-0.05, 0) is 63.6 Å². The largest absolute Gasteiger partial charge is 0.493 e. The van der Waals surface area contributed by atoms with Gasteiger partial charge in [-0.25, -0.2) is 17.4 Å². The molecule has 188 valence electrons. The van der Waals surface area contributed by atoms with Crippen molar-refractivity contribution >= 4 is 15.8 Å². The lowest BCUT2D eigenvalue weighted by Crippen LogP contribution is -2.42. The molecule has 1 aliphatic heterocycles. The van der Waals surface area contributed by atoms with E-state index < -0.39 is 10.0 Å².